The van der Waals surface area contributed by atoms with E-state index < -0.39 is 5.97 Å². The molecule has 2 aromatic rings. The van der Waals surface area contributed by atoms with Crippen LogP contribution in [0.15, 0.2) is 24.4 Å². The standard InChI is InChI=1S/C15H17ClN4O3/c16-11-4-10(5-13(21)6-11)7-19-3-1-2-12(8-19)20-9-14(15(22)23)17-18-20/h4-6,9,12,21H,1-3,7-8H2,(H,22,23). The normalized spacial score (nSPS) is 18.9. The molecule has 122 valence electrons. The van der Waals surface area contributed by atoms with Gasteiger partial charge in [0, 0.05) is 18.1 Å². The molecule has 1 unspecified atom stereocenters. The van der Waals surface area contributed by atoms with Crippen LogP contribution in [-0.2, 0) is 6.54 Å². The molecule has 0 bridgehead atoms. The Balaban J connectivity index is 1.69. The number of likely N-dealkylation sites (tertiary alicyclic amines) is 1. The van der Waals surface area contributed by atoms with Crippen molar-refractivity contribution in [1.82, 2.24) is 19.9 Å². The molecule has 7 nitrogen and oxygen atoms in total. The van der Waals surface area contributed by atoms with Gasteiger partial charge in [0.25, 0.3) is 0 Å². The largest absolute Gasteiger partial charge is 0.508 e. The van der Waals surface area contributed by atoms with Gasteiger partial charge in [-0.15, -0.1) is 5.10 Å². The van der Waals surface area contributed by atoms with Gasteiger partial charge in [0.15, 0.2) is 5.69 Å². The van der Waals surface area contributed by atoms with Crippen LogP contribution in [-0.4, -0.2) is 49.2 Å². The van der Waals surface area contributed by atoms with Crippen LogP contribution in [0.4, 0.5) is 0 Å². The van der Waals surface area contributed by atoms with Crippen LogP contribution in [0.25, 0.3) is 0 Å². The van der Waals surface area contributed by atoms with Gasteiger partial charge in [-0.2, -0.15) is 0 Å². The molecule has 1 aromatic carbocycles. The third kappa shape index (κ3) is 3.80. The number of benzene rings is 1. The monoisotopic (exact) mass is 336 g/mol. The zero-order valence-corrected chi connectivity index (χ0v) is 13.1. The molecule has 0 saturated carbocycles. The molecule has 0 amide bonds. The minimum atomic E-state index is -1.07. The molecule has 0 aliphatic carbocycles. The summed E-state index contributed by atoms with van der Waals surface area (Å²) in [5.74, 6) is -0.915. The Kier molecular flexibility index (Phi) is 4.49. The molecule has 0 radical (unpaired) electrons. The Morgan fingerprint density at radius 1 is 1.39 bits per heavy atom. The first-order chi connectivity index (χ1) is 11.0. The number of nitrogens with zero attached hydrogens (tertiary/aromatic N) is 4. The molecule has 0 spiro atoms. The van der Waals surface area contributed by atoms with Crippen LogP contribution < -0.4 is 0 Å². The quantitative estimate of drug-likeness (QED) is 0.889. The van der Waals surface area contributed by atoms with E-state index in [1.54, 1.807) is 10.7 Å². The summed E-state index contributed by atoms with van der Waals surface area (Å²) in [6.45, 7) is 2.35. The van der Waals surface area contributed by atoms with Gasteiger partial charge in [0.05, 0.1) is 12.2 Å². The topological polar surface area (TPSA) is 91.5 Å². The van der Waals surface area contributed by atoms with E-state index in [2.05, 4.69) is 15.2 Å². The number of phenolic OH excluding ortho intramolecular Hbond substituents is 1. The summed E-state index contributed by atoms with van der Waals surface area (Å²) < 4.78 is 1.63. The molecule has 3 rings (SSSR count). The highest BCUT2D eigenvalue weighted by Crippen LogP contribution is 2.25. The van der Waals surface area contributed by atoms with Crippen molar-refractivity contribution in [2.45, 2.75) is 25.4 Å². The maximum absolute atomic E-state index is 10.9. The summed E-state index contributed by atoms with van der Waals surface area (Å²) >= 11 is 5.97. The number of carbonyl (C=O) groups is 1. The molecule has 23 heavy (non-hydrogen) atoms. The lowest BCUT2D eigenvalue weighted by molar-refractivity contribution is 0.0690. The maximum atomic E-state index is 10.9. The Labute approximate surface area is 138 Å². The van der Waals surface area contributed by atoms with Gasteiger partial charge in [0.1, 0.15) is 5.75 Å². The molecule has 1 aliphatic rings. The van der Waals surface area contributed by atoms with Gasteiger partial charge in [-0.3, -0.25) is 4.90 Å². The fourth-order valence-corrected chi connectivity index (χ4v) is 3.18. The van der Waals surface area contributed by atoms with Crippen molar-refractivity contribution >= 4 is 17.6 Å². The minimum Gasteiger partial charge on any atom is -0.508 e. The van der Waals surface area contributed by atoms with E-state index in [-0.39, 0.29) is 17.5 Å². The van der Waals surface area contributed by atoms with Gasteiger partial charge in [-0.1, -0.05) is 16.8 Å². The number of aromatic hydroxyl groups is 1. The average molecular weight is 337 g/mol. The fraction of sp³-hybridized carbons (Fsp3) is 0.400. The van der Waals surface area contributed by atoms with Gasteiger partial charge >= 0.3 is 5.97 Å². The summed E-state index contributed by atoms with van der Waals surface area (Å²) in [5, 5.41) is 26.7. The van der Waals surface area contributed by atoms with Crippen molar-refractivity contribution in [3.63, 3.8) is 0 Å². The molecule has 2 heterocycles. The minimum absolute atomic E-state index is 0.0399. The van der Waals surface area contributed by atoms with Crippen molar-refractivity contribution < 1.29 is 15.0 Å². The highest BCUT2D eigenvalue weighted by Gasteiger charge is 2.23. The van der Waals surface area contributed by atoms with E-state index in [9.17, 15) is 9.90 Å². The van der Waals surface area contributed by atoms with Crippen molar-refractivity contribution in [1.29, 1.82) is 0 Å². The van der Waals surface area contributed by atoms with Gasteiger partial charge in [0.2, 0.25) is 0 Å². The summed E-state index contributed by atoms with van der Waals surface area (Å²) in [7, 11) is 0. The average Bonchev–Trinajstić information content (AvgIpc) is 2.96. The van der Waals surface area contributed by atoms with Crippen molar-refractivity contribution in [3.05, 3.63) is 40.7 Å². The number of carboxylic acid groups (broad SMARTS) is 1. The smallest absolute Gasteiger partial charge is 0.358 e. The molecule has 1 aliphatic heterocycles. The molecule has 1 aromatic heterocycles. The van der Waals surface area contributed by atoms with Crippen LogP contribution in [0.2, 0.25) is 5.02 Å². The lowest BCUT2D eigenvalue weighted by atomic mass is 10.0. The highest BCUT2D eigenvalue weighted by molar-refractivity contribution is 6.30. The first-order valence-electron chi connectivity index (χ1n) is 7.37. The highest BCUT2D eigenvalue weighted by atomic mass is 35.5. The Bertz CT molecular complexity index is 698. The van der Waals surface area contributed by atoms with Crippen LogP contribution in [0.5, 0.6) is 5.75 Å². The fourth-order valence-electron chi connectivity index (χ4n) is 2.93. The number of rotatable bonds is 4. The first-order valence-corrected chi connectivity index (χ1v) is 7.75. The summed E-state index contributed by atoms with van der Waals surface area (Å²) in [6.07, 6.45) is 3.39. The van der Waals surface area contributed by atoms with Gasteiger partial charge in [-0.25, -0.2) is 9.48 Å². The summed E-state index contributed by atoms with van der Waals surface area (Å²) in [4.78, 5) is 13.1. The SMILES string of the molecule is O=C(O)c1cn(C2CCCN(Cc3cc(O)cc(Cl)c3)C2)nn1. The maximum Gasteiger partial charge on any atom is 0.358 e. The van der Waals surface area contributed by atoms with Crippen LogP contribution in [0, 0.1) is 0 Å². The van der Waals surface area contributed by atoms with E-state index in [0.29, 0.717) is 11.6 Å². The third-order valence-corrected chi connectivity index (χ3v) is 4.15. The Morgan fingerprint density at radius 3 is 2.91 bits per heavy atom. The lowest BCUT2D eigenvalue weighted by Gasteiger charge is -2.32. The van der Waals surface area contributed by atoms with Crippen LogP contribution in [0.1, 0.15) is 34.9 Å². The number of aromatic nitrogens is 3. The number of carboxylic acids is 1. The summed E-state index contributed by atoms with van der Waals surface area (Å²) in [6, 6.07) is 5.14. The van der Waals surface area contributed by atoms with Crippen molar-refractivity contribution in [2.24, 2.45) is 0 Å². The number of aromatic carboxylic acids is 1. The molecule has 8 heteroatoms. The van der Waals surface area contributed by atoms with E-state index in [1.165, 1.54) is 12.3 Å². The van der Waals surface area contributed by atoms with E-state index in [0.717, 1.165) is 31.5 Å². The van der Waals surface area contributed by atoms with E-state index in [1.807, 2.05) is 6.07 Å². The van der Waals surface area contributed by atoms with Crippen LogP contribution >= 0.6 is 11.6 Å². The lowest BCUT2D eigenvalue weighted by Crippen LogP contribution is -2.36. The van der Waals surface area contributed by atoms with E-state index in [4.69, 9.17) is 16.7 Å². The second kappa shape index (κ2) is 6.55. The predicted molar refractivity (Wildman–Crippen MR) is 83.6 cm³/mol. The van der Waals surface area contributed by atoms with Crippen molar-refractivity contribution in [2.75, 3.05) is 13.1 Å². The number of hydrogen-bond acceptors (Lipinski definition) is 5. The Hall–Kier alpha value is -2.12. The number of piperidine rings is 1. The first kappa shape index (κ1) is 15.8. The zero-order valence-electron chi connectivity index (χ0n) is 12.4. The second-order valence-electron chi connectivity index (χ2n) is 5.74. The third-order valence-electron chi connectivity index (χ3n) is 3.93. The summed E-state index contributed by atoms with van der Waals surface area (Å²) in [5.41, 5.74) is 0.905. The molecule has 2 N–H and O–H groups in total. The number of hydrogen-bond donors (Lipinski definition) is 2. The Morgan fingerprint density at radius 2 is 2.22 bits per heavy atom. The van der Waals surface area contributed by atoms with E-state index >= 15 is 0 Å². The number of halogens is 1. The number of phenols is 1. The van der Waals surface area contributed by atoms with Gasteiger partial charge < -0.3 is 10.2 Å². The van der Waals surface area contributed by atoms with Crippen molar-refractivity contribution in [3.8, 4) is 5.75 Å². The predicted octanol–water partition coefficient (Wildman–Crippen LogP) is 2.17. The zero-order chi connectivity index (χ0) is 16.4. The molecule has 1 saturated heterocycles. The molecular formula is C15H17ClN4O3. The molecule has 1 atom stereocenters. The molecule has 1 fully saturated rings. The second-order valence-corrected chi connectivity index (χ2v) is 6.17. The van der Waals surface area contributed by atoms with Gasteiger partial charge in [-0.05, 0) is 43.1 Å². The van der Waals surface area contributed by atoms with Crippen LogP contribution in [0.3, 0.4) is 0 Å². The molecular weight excluding hydrogens is 320 g/mol.